The first-order valence-electron chi connectivity index (χ1n) is 7.82. The first-order chi connectivity index (χ1) is 10.1. The van der Waals surface area contributed by atoms with Crippen molar-refractivity contribution in [2.45, 2.75) is 32.6 Å². The number of hydrazine groups is 1. The van der Waals surface area contributed by atoms with E-state index in [0.717, 1.165) is 43.6 Å². The Hall–Kier alpha value is -1.62. The molecule has 0 amide bonds. The van der Waals surface area contributed by atoms with E-state index in [2.05, 4.69) is 18.0 Å². The predicted molar refractivity (Wildman–Crippen MR) is 78.2 cm³/mol. The molecule has 5 heteroatoms. The number of aliphatic carboxylic acids is 1. The van der Waals surface area contributed by atoms with Gasteiger partial charge in [0, 0.05) is 18.7 Å². The molecule has 5 nitrogen and oxygen atoms in total. The Labute approximate surface area is 124 Å². The Morgan fingerprint density at radius 1 is 1.38 bits per heavy atom. The Morgan fingerprint density at radius 2 is 2.10 bits per heavy atom. The molecule has 114 valence electrons. The highest BCUT2D eigenvalue weighted by Crippen LogP contribution is 2.35. The van der Waals surface area contributed by atoms with Gasteiger partial charge >= 0.3 is 5.97 Å². The van der Waals surface area contributed by atoms with Crippen molar-refractivity contribution in [2.24, 2.45) is 11.8 Å². The Morgan fingerprint density at radius 3 is 2.71 bits per heavy atom. The van der Waals surface area contributed by atoms with Gasteiger partial charge in [0.1, 0.15) is 5.92 Å². The standard InChI is InChI=1S/C16H22N2O3/c1-2-11-5-6-14-12(9-11)15(19)13(16(20)21)10-18(14)17-7-3-4-8-17/h5-6,11,13H,2-4,7-10H2,1H3,(H,20,21). The maximum absolute atomic E-state index is 12.5. The third-order valence-electron chi connectivity index (χ3n) is 4.80. The summed E-state index contributed by atoms with van der Waals surface area (Å²) in [6, 6.07) is 0. The molecule has 0 spiro atoms. The van der Waals surface area contributed by atoms with E-state index in [9.17, 15) is 14.7 Å². The Balaban J connectivity index is 1.96. The molecule has 0 bridgehead atoms. The maximum Gasteiger partial charge on any atom is 0.316 e. The van der Waals surface area contributed by atoms with Crippen LogP contribution in [0.2, 0.25) is 0 Å². The van der Waals surface area contributed by atoms with Crippen LogP contribution < -0.4 is 0 Å². The normalized spacial score (nSPS) is 30.0. The summed E-state index contributed by atoms with van der Waals surface area (Å²) >= 11 is 0. The summed E-state index contributed by atoms with van der Waals surface area (Å²) in [6.07, 6.45) is 8.10. The van der Waals surface area contributed by atoms with Crippen molar-refractivity contribution < 1.29 is 14.7 Å². The van der Waals surface area contributed by atoms with Crippen molar-refractivity contribution in [3.8, 4) is 0 Å². The average molecular weight is 290 g/mol. The Kier molecular flexibility index (Phi) is 3.85. The maximum atomic E-state index is 12.5. The molecule has 2 aliphatic heterocycles. The summed E-state index contributed by atoms with van der Waals surface area (Å²) in [5.41, 5.74) is 1.65. The summed E-state index contributed by atoms with van der Waals surface area (Å²) in [4.78, 5) is 23.9. The number of hydrogen-bond donors (Lipinski definition) is 1. The zero-order valence-corrected chi connectivity index (χ0v) is 12.4. The van der Waals surface area contributed by atoms with Crippen LogP contribution in [0.5, 0.6) is 0 Å². The van der Waals surface area contributed by atoms with Crippen LogP contribution in [-0.2, 0) is 9.59 Å². The number of carboxylic acids is 1. The van der Waals surface area contributed by atoms with Gasteiger partial charge in [0.05, 0.1) is 12.2 Å². The third kappa shape index (κ3) is 2.50. The molecule has 1 N–H and O–H groups in total. The topological polar surface area (TPSA) is 60.9 Å². The summed E-state index contributed by atoms with van der Waals surface area (Å²) in [7, 11) is 0. The van der Waals surface area contributed by atoms with Crippen LogP contribution in [0.1, 0.15) is 32.6 Å². The molecule has 1 saturated heterocycles. The van der Waals surface area contributed by atoms with Crippen LogP contribution in [0.4, 0.5) is 0 Å². The van der Waals surface area contributed by atoms with Crippen molar-refractivity contribution in [2.75, 3.05) is 19.6 Å². The minimum Gasteiger partial charge on any atom is -0.481 e. The number of carboxylic acid groups (broad SMARTS) is 1. The molecule has 0 saturated carbocycles. The van der Waals surface area contributed by atoms with Crippen LogP contribution in [0.25, 0.3) is 0 Å². The second-order valence-electron chi connectivity index (χ2n) is 6.09. The SMILES string of the molecule is CCC1C=CC2=C(C1)C(=O)C(C(=O)O)CN2N1CCCC1. The second kappa shape index (κ2) is 5.64. The first kappa shape index (κ1) is 14.3. The predicted octanol–water partition coefficient (Wildman–Crippen LogP) is 1.82. The van der Waals surface area contributed by atoms with Crippen molar-refractivity contribution >= 4 is 11.8 Å². The van der Waals surface area contributed by atoms with Gasteiger partial charge in [0.25, 0.3) is 0 Å². The van der Waals surface area contributed by atoms with Crippen molar-refractivity contribution in [3.63, 3.8) is 0 Å². The lowest BCUT2D eigenvalue weighted by Gasteiger charge is -2.42. The van der Waals surface area contributed by atoms with E-state index in [1.54, 1.807) is 0 Å². The highest BCUT2D eigenvalue weighted by Gasteiger charge is 2.41. The lowest BCUT2D eigenvalue weighted by atomic mass is 9.82. The summed E-state index contributed by atoms with van der Waals surface area (Å²) in [5.74, 6) is -1.76. The molecule has 0 aromatic heterocycles. The van der Waals surface area contributed by atoms with Gasteiger partial charge in [-0.1, -0.05) is 13.0 Å². The number of hydrogen-bond acceptors (Lipinski definition) is 4. The van der Waals surface area contributed by atoms with E-state index in [1.165, 1.54) is 0 Å². The van der Waals surface area contributed by atoms with Crippen LogP contribution in [0.3, 0.4) is 0 Å². The molecule has 0 radical (unpaired) electrons. The molecule has 2 atom stereocenters. The summed E-state index contributed by atoms with van der Waals surface area (Å²) < 4.78 is 0. The number of carbonyl (C=O) groups is 2. The Bertz CT molecular complexity index is 518. The first-order valence-corrected chi connectivity index (χ1v) is 7.82. The van der Waals surface area contributed by atoms with Gasteiger partial charge in [-0.3, -0.25) is 9.59 Å². The van der Waals surface area contributed by atoms with Crippen LogP contribution in [0.15, 0.2) is 23.4 Å². The van der Waals surface area contributed by atoms with E-state index in [1.807, 2.05) is 11.1 Å². The summed E-state index contributed by atoms with van der Waals surface area (Å²) in [6.45, 7) is 4.26. The summed E-state index contributed by atoms with van der Waals surface area (Å²) in [5, 5.41) is 13.6. The van der Waals surface area contributed by atoms with Gasteiger partial charge in [-0.15, -0.1) is 0 Å². The lowest BCUT2D eigenvalue weighted by Crippen LogP contribution is -2.50. The average Bonchev–Trinajstić information content (AvgIpc) is 3.01. The molecule has 1 aliphatic carbocycles. The molecule has 3 rings (SSSR count). The molecular formula is C16H22N2O3. The largest absolute Gasteiger partial charge is 0.481 e. The molecule has 2 heterocycles. The fourth-order valence-corrected chi connectivity index (χ4v) is 3.48. The van der Waals surface area contributed by atoms with Crippen LogP contribution >= 0.6 is 0 Å². The van der Waals surface area contributed by atoms with E-state index in [0.29, 0.717) is 12.3 Å². The van der Waals surface area contributed by atoms with Gasteiger partial charge in [0.15, 0.2) is 5.78 Å². The third-order valence-corrected chi connectivity index (χ3v) is 4.80. The second-order valence-corrected chi connectivity index (χ2v) is 6.09. The zero-order valence-electron chi connectivity index (χ0n) is 12.4. The smallest absolute Gasteiger partial charge is 0.316 e. The fraction of sp³-hybridized carbons (Fsp3) is 0.625. The van der Waals surface area contributed by atoms with E-state index in [4.69, 9.17) is 0 Å². The van der Waals surface area contributed by atoms with Crippen molar-refractivity contribution in [1.82, 2.24) is 10.0 Å². The molecule has 21 heavy (non-hydrogen) atoms. The highest BCUT2D eigenvalue weighted by molar-refractivity contribution is 6.09. The molecule has 1 fully saturated rings. The van der Waals surface area contributed by atoms with Crippen molar-refractivity contribution in [1.29, 1.82) is 0 Å². The molecule has 0 aromatic carbocycles. The number of nitrogens with zero attached hydrogens (tertiary/aromatic N) is 2. The number of ketones is 1. The molecule has 0 aromatic rings. The van der Waals surface area contributed by atoms with E-state index >= 15 is 0 Å². The van der Waals surface area contributed by atoms with Gasteiger partial charge in [-0.2, -0.15) is 0 Å². The van der Waals surface area contributed by atoms with E-state index in [-0.39, 0.29) is 12.3 Å². The minimum atomic E-state index is -1.00. The fourth-order valence-electron chi connectivity index (χ4n) is 3.48. The van der Waals surface area contributed by atoms with Gasteiger partial charge < -0.3 is 10.1 Å². The monoisotopic (exact) mass is 290 g/mol. The van der Waals surface area contributed by atoms with Crippen molar-refractivity contribution in [3.05, 3.63) is 23.4 Å². The minimum absolute atomic E-state index is 0.184. The number of allylic oxidation sites excluding steroid dienone is 3. The molecular weight excluding hydrogens is 268 g/mol. The molecule has 3 aliphatic rings. The lowest BCUT2D eigenvalue weighted by molar-refractivity contribution is -0.148. The number of rotatable bonds is 3. The zero-order chi connectivity index (χ0) is 15.0. The van der Waals surface area contributed by atoms with Gasteiger partial charge in [-0.25, -0.2) is 5.01 Å². The molecule has 2 unspecified atom stereocenters. The van der Waals surface area contributed by atoms with Crippen LogP contribution in [0, 0.1) is 11.8 Å². The number of carbonyl (C=O) groups excluding carboxylic acids is 1. The number of Topliss-reactive ketones (excluding diaryl/α,β-unsaturated/α-hetero) is 1. The van der Waals surface area contributed by atoms with Crippen LogP contribution in [-0.4, -0.2) is 46.5 Å². The highest BCUT2D eigenvalue weighted by atomic mass is 16.4. The van der Waals surface area contributed by atoms with Gasteiger partial charge in [0.2, 0.25) is 0 Å². The van der Waals surface area contributed by atoms with Gasteiger partial charge in [-0.05, 0) is 37.7 Å². The quantitative estimate of drug-likeness (QED) is 0.803. The van der Waals surface area contributed by atoms with E-state index < -0.39 is 11.9 Å².